The summed E-state index contributed by atoms with van der Waals surface area (Å²) in [5.41, 5.74) is 8.65. The van der Waals surface area contributed by atoms with E-state index >= 15 is 0 Å². The van der Waals surface area contributed by atoms with Gasteiger partial charge in [-0.25, -0.2) is 0 Å². The van der Waals surface area contributed by atoms with Crippen molar-refractivity contribution < 1.29 is 4.79 Å². The number of aromatic nitrogens is 3. The lowest BCUT2D eigenvalue weighted by Gasteiger charge is -2.12. The predicted molar refractivity (Wildman–Crippen MR) is 120 cm³/mol. The molecule has 7 nitrogen and oxygen atoms in total. The maximum absolute atomic E-state index is 12.9. The normalized spacial score (nSPS) is 10.9. The Morgan fingerprint density at radius 3 is 2.77 bits per heavy atom. The summed E-state index contributed by atoms with van der Waals surface area (Å²) in [7, 11) is 0. The molecule has 0 saturated carbocycles. The van der Waals surface area contributed by atoms with Gasteiger partial charge in [0, 0.05) is 42.6 Å². The summed E-state index contributed by atoms with van der Waals surface area (Å²) in [4.78, 5) is 25.4. The fourth-order valence-electron chi connectivity index (χ4n) is 3.15. The smallest absolute Gasteiger partial charge is 0.254 e. The number of pyridine rings is 1. The average molecular weight is 493 g/mol. The molecule has 0 aliphatic carbocycles. The topological polar surface area (TPSA) is 94.9 Å². The average Bonchev–Trinajstić information content (AvgIpc) is 3.14. The molecule has 30 heavy (non-hydrogen) atoms. The molecule has 2 aromatic heterocycles. The van der Waals surface area contributed by atoms with Crippen molar-refractivity contribution in [3.63, 3.8) is 0 Å². The third kappa shape index (κ3) is 5.59. The van der Waals surface area contributed by atoms with Crippen molar-refractivity contribution >= 4 is 33.4 Å². The van der Waals surface area contributed by atoms with E-state index in [1.165, 1.54) is 0 Å². The molecule has 0 unspecified atom stereocenters. The molecule has 3 N–H and O–H groups in total. The first-order valence-corrected chi connectivity index (χ1v) is 10.7. The van der Waals surface area contributed by atoms with E-state index in [0.29, 0.717) is 36.8 Å². The molecular weight excluding hydrogens is 470 g/mol. The molecule has 0 aliphatic heterocycles. The Morgan fingerprint density at radius 1 is 1.27 bits per heavy atom. The molecule has 1 aromatic carbocycles. The minimum absolute atomic E-state index is 0.0113. The van der Waals surface area contributed by atoms with Gasteiger partial charge in [-0.05, 0) is 57.7 Å². The van der Waals surface area contributed by atoms with Gasteiger partial charge in [-0.2, -0.15) is 5.10 Å². The summed E-state index contributed by atoms with van der Waals surface area (Å²) < 4.78 is 4.24. The number of nitrogens with zero attached hydrogens (tertiary/aromatic N) is 3. The molecule has 0 atom stereocenters. The first-order valence-electron chi connectivity index (χ1n) is 9.48. The highest BCUT2D eigenvalue weighted by atomic mass is 79.9. The first-order chi connectivity index (χ1) is 14.4. The predicted octanol–water partition coefficient (Wildman–Crippen LogP) is 2.79. The molecule has 0 bridgehead atoms. The second-order valence-electron chi connectivity index (χ2n) is 6.97. The monoisotopic (exact) mass is 491 g/mol. The molecule has 3 rings (SSSR count). The van der Waals surface area contributed by atoms with Crippen LogP contribution in [0.1, 0.15) is 22.3 Å². The molecule has 3 aromatic rings. The van der Waals surface area contributed by atoms with Crippen LogP contribution in [0.3, 0.4) is 0 Å². The van der Waals surface area contributed by atoms with Crippen LogP contribution in [-0.4, -0.2) is 20.3 Å². The van der Waals surface area contributed by atoms with Gasteiger partial charge in [0.1, 0.15) is 0 Å². The molecular formula is C21H23BrClN5O2. The fraction of sp³-hybridized carbons (Fsp3) is 0.286. The molecule has 0 saturated heterocycles. The molecule has 0 spiro atoms. The number of halogens is 2. The molecule has 158 valence electrons. The minimum Gasteiger partial charge on any atom is -0.352 e. The Hall–Kier alpha value is -2.42. The number of aryl methyl sites for hydroxylation is 3. The van der Waals surface area contributed by atoms with Crippen LogP contribution in [0.2, 0.25) is 5.02 Å². The second-order valence-corrected chi connectivity index (χ2v) is 8.32. The highest BCUT2D eigenvalue weighted by Gasteiger charge is 2.13. The summed E-state index contributed by atoms with van der Waals surface area (Å²) >= 11 is 9.40. The van der Waals surface area contributed by atoms with Gasteiger partial charge in [0.15, 0.2) is 0 Å². The van der Waals surface area contributed by atoms with Crippen molar-refractivity contribution in [1.29, 1.82) is 0 Å². The van der Waals surface area contributed by atoms with Gasteiger partial charge < -0.3 is 15.6 Å². The lowest BCUT2D eigenvalue weighted by molar-refractivity contribution is -0.120. The van der Waals surface area contributed by atoms with E-state index in [4.69, 9.17) is 17.3 Å². The minimum atomic E-state index is -0.230. The van der Waals surface area contributed by atoms with Crippen LogP contribution in [0.15, 0.2) is 52.1 Å². The second kappa shape index (κ2) is 10.1. The van der Waals surface area contributed by atoms with Crippen molar-refractivity contribution in [3.8, 4) is 0 Å². The number of rotatable bonds is 8. The summed E-state index contributed by atoms with van der Waals surface area (Å²) in [5, 5.41) is 7.64. The molecule has 0 fully saturated rings. The van der Waals surface area contributed by atoms with Gasteiger partial charge in [0.2, 0.25) is 5.91 Å². The van der Waals surface area contributed by atoms with Gasteiger partial charge in [-0.1, -0.05) is 17.7 Å². The largest absolute Gasteiger partial charge is 0.352 e. The molecule has 0 aliphatic rings. The number of nitrogens with one attached hydrogen (secondary N) is 1. The van der Waals surface area contributed by atoms with E-state index in [-0.39, 0.29) is 17.9 Å². The Labute approximate surface area is 188 Å². The zero-order valence-electron chi connectivity index (χ0n) is 16.6. The molecule has 1 amide bonds. The number of benzene rings is 1. The van der Waals surface area contributed by atoms with Crippen molar-refractivity contribution in [3.05, 3.63) is 85.0 Å². The lowest BCUT2D eigenvalue weighted by atomic mass is 10.1. The SMILES string of the molecule is Cc1ccn(CCn2cc(Br)cn2)c(=O)c1CC(=O)NCc1cc(Cl)ccc1CN. The highest BCUT2D eigenvalue weighted by molar-refractivity contribution is 9.10. The van der Waals surface area contributed by atoms with Crippen LogP contribution in [0.5, 0.6) is 0 Å². The Morgan fingerprint density at radius 2 is 2.07 bits per heavy atom. The number of carbonyl (C=O) groups is 1. The Bertz CT molecular complexity index is 1110. The summed E-state index contributed by atoms with van der Waals surface area (Å²) in [6.07, 6.45) is 5.30. The van der Waals surface area contributed by atoms with E-state index in [1.807, 2.05) is 25.3 Å². The van der Waals surface area contributed by atoms with Crippen molar-refractivity contribution in [1.82, 2.24) is 19.7 Å². The van der Waals surface area contributed by atoms with Crippen LogP contribution in [0.4, 0.5) is 0 Å². The standard InChI is InChI=1S/C21H23BrClN5O2/c1-14-4-5-27(6-7-28-13-17(22)12-26-28)21(30)19(14)9-20(29)25-11-16-8-18(23)3-2-15(16)10-24/h2-5,8,12-13H,6-7,9-11,24H2,1H3,(H,25,29). The Kier molecular flexibility index (Phi) is 7.47. The van der Waals surface area contributed by atoms with Gasteiger partial charge in [-0.3, -0.25) is 14.3 Å². The van der Waals surface area contributed by atoms with Gasteiger partial charge in [-0.15, -0.1) is 0 Å². The summed E-state index contributed by atoms with van der Waals surface area (Å²) in [6.45, 7) is 3.52. The van der Waals surface area contributed by atoms with E-state index in [2.05, 4.69) is 26.3 Å². The third-order valence-electron chi connectivity index (χ3n) is 4.87. The van der Waals surface area contributed by atoms with Crippen LogP contribution in [-0.2, 0) is 37.4 Å². The lowest BCUT2D eigenvalue weighted by Crippen LogP contribution is -2.31. The number of nitrogens with two attached hydrogens (primary N) is 1. The Balaban J connectivity index is 1.67. The van der Waals surface area contributed by atoms with Crippen molar-refractivity contribution in [2.24, 2.45) is 5.73 Å². The van der Waals surface area contributed by atoms with E-state index < -0.39 is 0 Å². The maximum Gasteiger partial charge on any atom is 0.254 e. The number of hydrogen-bond acceptors (Lipinski definition) is 4. The number of carbonyl (C=O) groups excluding carboxylic acids is 1. The zero-order chi connectivity index (χ0) is 21.7. The van der Waals surface area contributed by atoms with Crippen LogP contribution in [0.25, 0.3) is 0 Å². The van der Waals surface area contributed by atoms with Gasteiger partial charge in [0.05, 0.1) is 23.6 Å². The number of hydrogen-bond donors (Lipinski definition) is 2. The van der Waals surface area contributed by atoms with Gasteiger partial charge in [0.25, 0.3) is 5.56 Å². The first kappa shape index (κ1) is 22.3. The zero-order valence-corrected chi connectivity index (χ0v) is 18.9. The molecule has 0 radical (unpaired) electrons. The van der Waals surface area contributed by atoms with Crippen LogP contribution < -0.4 is 16.6 Å². The molecule has 9 heteroatoms. The molecule has 2 heterocycles. The van der Waals surface area contributed by atoms with Gasteiger partial charge >= 0.3 is 0 Å². The fourth-order valence-corrected chi connectivity index (χ4v) is 3.67. The number of amides is 1. The van der Waals surface area contributed by atoms with E-state index in [0.717, 1.165) is 21.2 Å². The van der Waals surface area contributed by atoms with E-state index in [9.17, 15) is 9.59 Å². The van der Waals surface area contributed by atoms with Crippen LogP contribution in [0, 0.1) is 6.92 Å². The van der Waals surface area contributed by atoms with Crippen molar-refractivity contribution in [2.45, 2.75) is 39.5 Å². The quantitative estimate of drug-likeness (QED) is 0.505. The summed E-state index contributed by atoms with van der Waals surface area (Å²) in [6, 6.07) is 7.26. The van der Waals surface area contributed by atoms with Crippen molar-refractivity contribution in [2.75, 3.05) is 0 Å². The third-order valence-corrected chi connectivity index (χ3v) is 5.52. The van der Waals surface area contributed by atoms with E-state index in [1.54, 1.807) is 33.8 Å². The maximum atomic E-state index is 12.9. The highest BCUT2D eigenvalue weighted by Crippen LogP contribution is 2.16. The van der Waals surface area contributed by atoms with Crippen LogP contribution >= 0.6 is 27.5 Å². The summed E-state index contributed by atoms with van der Waals surface area (Å²) in [5.74, 6) is -0.230.